The van der Waals surface area contributed by atoms with Crippen LogP contribution < -0.4 is 4.74 Å². The van der Waals surface area contributed by atoms with Gasteiger partial charge in [-0.1, -0.05) is 106 Å². The number of carbonyl (C=O) groups is 3. The molecule has 3 heterocycles. The molecule has 12 rings (SSSR count). The highest BCUT2D eigenvalue weighted by molar-refractivity contribution is 5.99. The molecule has 12 aromatic rings. The number of nitrogens with zero attached hydrogens (tertiary/aromatic N) is 3. The van der Waals surface area contributed by atoms with E-state index in [0.29, 0.717) is 78.0 Å². The van der Waals surface area contributed by atoms with E-state index in [1.165, 1.54) is 78.9 Å². The number of ether oxygens (including phenoxy) is 1. The summed E-state index contributed by atoms with van der Waals surface area (Å²) < 4.78 is 108. The van der Waals surface area contributed by atoms with Gasteiger partial charge in [0.25, 0.3) is 0 Å². The lowest BCUT2D eigenvalue weighted by atomic mass is 10.0. The molecule has 0 spiro atoms. The van der Waals surface area contributed by atoms with Crippen LogP contribution in [0.4, 0.5) is 30.7 Å². The minimum absolute atomic E-state index is 0.134. The quantitative estimate of drug-likeness (QED) is 0.109. The molecule has 20 heteroatoms. The minimum atomic E-state index is -4.74. The molecule has 0 radical (unpaired) electrons. The maximum atomic E-state index is 13.1. The minimum Gasteiger partial charge on any atom is -0.478 e. The summed E-state index contributed by atoms with van der Waals surface area (Å²) in [7, 11) is 0. The third kappa shape index (κ3) is 12.2. The number of fused-ring (bicyclic) bond motifs is 3. The summed E-state index contributed by atoms with van der Waals surface area (Å²) >= 11 is 0. The van der Waals surface area contributed by atoms with E-state index in [-0.39, 0.29) is 28.3 Å². The summed E-state index contributed by atoms with van der Waals surface area (Å²) in [4.78, 5) is 33.5. The van der Waals surface area contributed by atoms with E-state index >= 15 is 0 Å². The van der Waals surface area contributed by atoms with Crippen molar-refractivity contribution in [3.8, 4) is 72.9 Å². The van der Waals surface area contributed by atoms with Gasteiger partial charge in [0.1, 0.15) is 28.6 Å². The molecule has 0 atom stereocenters. The zero-order valence-electron chi connectivity index (χ0n) is 41.7. The molecule has 0 fully saturated rings. The van der Waals surface area contributed by atoms with Gasteiger partial charge in [-0.05, 0) is 143 Å². The third-order valence-corrected chi connectivity index (χ3v) is 12.7. The monoisotopic (exact) mass is 1120 g/mol. The molecule has 0 aliphatic heterocycles. The number of alkyl halides is 6. The highest BCUT2D eigenvalue weighted by Crippen LogP contribution is 2.37. The van der Waals surface area contributed by atoms with Gasteiger partial charge in [-0.15, -0.1) is 13.2 Å². The first kappa shape index (κ1) is 54.5. The molecule has 13 nitrogen and oxygen atoms in total. The molecular formula is C62H36F7N3O10. The van der Waals surface area contributed by atoms with Crippen molar-refractivity contribution < 1.29 is 78.7 Å². The fourth-order valence-corrected chi connectivity index (χ4v) is 8.72. The van der Waals surface area contributed by atoms with Gasteiger partial charge in [0.05, 0.1) is 22.3 Å². The van der Waals surface area contributed by atoms with Gasteiger partial charge in [-0.2, -0.15) is 13.2 Å². The van der Waals surface area contributed by atoms with Crippen LogP contribution in [0.1, 0.15) is 36.6 Å². The first-order chi connectivity index (χ1) is 39.2. The molecule has 408 valence electrons. The lowest BCUT2D eigenvalue weighted by Crippen LogP contribution is -2.16. The summed E-state index contributed by atoms with van der Waals surface area (Å²) in [6.07, 6.45) is -9.12. The highest BCUT2D eigenvalue weighted by Gasteiger charge is 2.31. The molecule has 0 unspecified atom stereocenters. The Hall–Kier alpha value is -10.9. The van der Waals surface area contributed by atoms with Crippen LogP contribution in [0.15, 0.2) is 214 Å². The Morgan fingerprint density at radius 2 is 0.695 bits per heavy atom. The predicted octanol–water partition coefficient (Wildman–Crippen LogP) is 16.6. The molecular weight excluding hydrogens is 1080 g/mol. The van der Waals surface area contributed by atoms with Gasteiger partial charge >= 0.3 is 30.4 Å². The summed E-state index contributed by atoms with van der Waals surface area (Å²) in [5.74, 6) is -3.67. The first-order valence-electron chi connectivity index (χ1n) is 24.2. The van der Waals surface area contributed by atoms with Gasteiger partial charge in [0.2, 0.25) is 0 Å². The predicted molar refractivity (Wildman–Crippen MR) is 287 cm³/mol. The molecule has 0 bridgehead atoms. The number of halogens is 7. The zero-order valence-corrected chi connectivity index (χ0v) is 41.7. The van der Waals surface area contributed by atoms with E-state index in [4.69, 9.17) is 28.9 Å². The maximum absolute atomic E-state index is 13.1. The van der Waals surface area contributed by atoms with E-state index in [2.05, 4.69) is 20.2 Å². The highest BCUT2D eigenvalue weighted by atomic mass is 19.4. The van der Waals surface area contributed by atoms with E-state index in [9.17, 15) is 45.1 Å². The number of hydrogen-bond acceptors (Lipinski definition) is 10. The van der Waals surface area contributed by atoms with Crippen LogP contribution in [0.5, 0.6) is 5.75 Å². The molecule has 9 aromatic carbocycles. The molecule has 82 heavy (non-hydrogen) atoms. The number of hydrogen-bond donors (Lipinski definition) is 3. The van der Waals surface area contributed by atoms with Crippen molar-refractivity contribution in [3.63, 3.8) is 0 Å². The van der Waals surface area contributed by atoms with Crippen LogP contribution in [0.2, 0.25) is 0 Å². The van der Waals surface area contributed by atoms with Crippen molar-refractivity contribution in [2.75, 3.05) is 0 Å². The van der Waals surface area contributed by atoms with Crippen molar-refractivity contribution in [2.24, 2.45) is 0 Å². The van der Waals surface area contributed by atoms with Crippen molar-refractivity contribution in [1.29, 1.82) is 0 Å². The Morgan fingerprint density at radius 3 is 1.01 bits per heavy atom. The number of rotatable bonds is 10. The summed E-state index contributed by atoms with van der Waals surface area (Å²) in [6, 6.07) is 51.9. The average Bonchev–Trinajstić information content (AvgIpc) is 4.26. The molecule has 0 saturated heterocycles. The first-order valence-corrected chi connectivity index (χ1v) is 24.2. The molecule has 0 saturated carbocycles. The number of carboxylic acid groups (broad SMARTS) is 3. The van der Waals surface area contributed by atoms with Gasteiger partial charge in [0, 0.05) is 32.8 Å². The zero-order chi connectivity index (χ0) is 57.9. The second-order valence-corrected chi connectivity index (χ2v) is 18.0. The lowest BCUT2D eigenvalue weighted by molar-refractivity contribution is -0.274. The number of benzene rings is 9. The van der Waals surface area contributed by atoms with Gasteiger partial charge < -0.3 is 33.6 Å². The fourth-order valence-electron chi connectivity index (χ4n) is 8.72. The van der Waals surface area contributed by atoms with E-state index in [0.717, 1.165) is 34.2 Å². The Morgan fingerprint density at radius 1 is 0.378 bits per heavy atom. The van der Waals surface area contributed by atoms with Gasteiger partial charge in [-0.25, -0.2) is 18.8 Å². The normalized spacial score (nSPS) is 11.4. The van der Waals surface area contributed by atoms with Gasteiger partial charge in [-0.3, -0.25) is 0 Å². The van der Waals surface area contributed by atoms with Crippen molar-refractivity contribution in [1.82, 2.24) is 15.5 Å². The Balaban J connectivity index is 0.000000138. The smallest absolute Gasteiger partial charge is 0.478 e. The van der Waals surface area contributed by atoms with Crippen LogP contribution in [0, 0.1) is 5.82 Å². The summed E-state index contributed by atoms with van der Waals surface area (Å²) in [6.45, 7) is 0. The van der Waals surface area contributed by atoms with Crippen molar-refractivity contribution in [2.45, 2.75) is 12.5 Å². The van der Waals surface area contributed by atoms with Crippen LogP contribution in [-0.4, -0.2) is 55.1 Å². The SMILES string of the molecule is O=C(O)c1cccc(-c2noc3cc(-c4ccc(C(F)(F)F)cc4)ccc23)c1.O=C(O)c1cccc(-c2noc3cc(-c4ccc(F)cc4)ccc23)c1.O=C(O)c1cccc(-c2noc3cc(-c4ccc(OC(F)(F)F)cc4)ccc23)c1. The van der Waals surface area contributed by atoms with E-state index in [1.54, 1.807) is 91.0 Å². The second-order valence-electron chi connectivity index (χ2n) is 18.0. The second kappa shape index (κ2) is 22.5. The Kier molecular flexibility index (Phi) is 14.9. The summed E-state index contributed by atoms with van der Waals surface area (Å²) in [5, 5.41) is 41.7. The fraction of sp³-hybridized carbons (Fsp3) is 0.0323. The van der Waals surface area contributed by atoms with Crippen molar-refractivity contribution in [3.05, 3.63) is 228 Å². The largest absolute Gasteiger partial charge is 0.573 e. The standard InChI is InChI=1S/C21H12F3NO4.C21H12F3NO3.C20H12FNO3/c22-21(23,24)28-16-7-4-12(5-8-16)13-6-9-17-18(11-13)29-25-19(17)14-2-1-3-15(10-14)20(26)27;22-21(23,24)16-7-4-12(5-8-16)13-6-9-17-18(11-13)28-25-19(17)14-2-1-3-15(10-14)20(26)27;21-16-7-4-12(5-8-16)13-6-9-17-18(11-13)25-22-19(17)14-2-1-3-15(10-14)20(23)24/h1-11H,(H,26,27);1-11H,(H,26,27);1-11H,(H,23,24). The molecule has 0 aliphatic carbocycles. The van der Waals surface area contributed by atoms with E-state index < -0.39 is 36.0 Å². The number of carboxylic acids is 3. The number of aromatic nitrogens is 3. The Labute approximate surface area is 457 Å². The topological polar surface area (TPSA) is 199 Å². The Bertz CT molecular complexity index is 4340. The van der Waals surface area contributed by atoms with Crippen LogP contribution in [-0.2, 0) is 6.18 Å². The number of aromatic carboxylic acids is 3. The lowest BCUT2D eigenvalue weighted by Gasteiger charge is -2.09. The molecule has 3 N–H and O–H groups in total. The third-order valence-electron chi connectivity index (χ3n) is 12.7. The van der Waals surface area contributed by atoms with E-state index in [1.807, 2.05) is 18.2 Å². The van der Waals surface area contributed by atoms with Crippen LogP contribution >= 0.6 is 0 Å². The molecule has 0 amide bonds. The summed E-state index contributed by atoms with van der Waals surface area (Å²) in [5.41, 5.74) is 9.15. The van der Waals surface area contributed by atoms with Crippen molar-refractivity contribution >= 4 is 50.8 Å². The molecule has 0 aliphatic rings. The molecule has 3 aromatic heterocycles. The van der Waals surface area contributed by atoms with Gasteiger partial charge in [0.15, 0.2) is 16.7 Å². The maximum Gasteiger partial charge on any atom is 0.573 e. The van der Waals surface area contributed by atoms with Crippen LogP contribution in [0.3, 0.4) is 0 Å². The van der Waals surface area contributed by atoms with Crippen LogP contribution in [0.25, 0.3) is 100 Å². The average molecular weight is 1120 g/mol.